The highest BCUT2D eigenvalue weighted by Gasteiger charge is 2.11. The number of hydrogen-bond acceptors (Lipinski definition) is 3. The van der Waals surface area contributed by atoms with Gasteiger partial charge in [-0.05, 0) is 36.8 Å². The molecule has 0 radical (unpaired) electrons. The van der Waals surface area contributed by atoms with E-state index in [-0.39, 0.29) is 6.04 Å². The molecule has 1 atom stereocenters. The van der Waals surface area contributed by atoms with Crippen molar-refractivity contribution in [3.05, 3.63) is 48.2 Å². The number of benzene rings is 1. The van der Waals surface area contributed by atoms with Gasteiger partial charge < -0.3 is 10.3 Å². The summed E-state index contributed by atoms with van der Waals surface area (Å²) in [5, 5.41) is 0. The van der Waals surface area contributed by atoms with E-state index in [9.17, 15) is 0 Å². The lowest BCUT2D eigenvalue weighted by Gasteiger charge is -2.04. The number of imidazole rings is 1. The molecule has 0 saturated carbocycles. The summed E-state index contributed by atoms with van der Waals surface area (Å²) in [5.41, 5.74) is 9.93. The number of aromatic nitrogens is 3. The monoisotopic (exact) mass is 252 g/mol. The average molecular weight is 252 g/mol. The smallest absolute Gasteiger partial charge is 0.159 e. The van der Waals surface area contributed by atoms with E-state index in [4.69, 9.17) is 5.73 Å². The molecule has 0 spiro atoms. The van der Waals surface area contributed by atoms with Gasteiger partial charge in [-0.3, -0.25) is 4.98 Å². The predicted octanol–water partition coefficient (Wildman–Crippen LogP) is 2.66. The molecular formula is C15H16N4. The number of pyridine rings is 1. The number of nitrogens with zero attached hydrogens (tertiary/aromatic N) is 3. The first kappa shape index (κ1) is 11.9. The lowest BCUT2D eigenvalue weighted by atomic mass is 10.1. The minimum Gasteiger partial charge on any atom is -0.326 e. The van der Waals surface area contributed by atoms with Gasteiger partial charge in [0.25, 0.3) is 0 Å². The molecule has 96 valence electrons. The third-order valence-electron chi connectivity index (χ3n) is 3.32. The molecule has 19 heavy (non-hydrogen) atoms. The summed E-state index contributed by atoms with van der Waals surface area (Å²) >= 11 is 0. The molecule has 4 nitrogen and oxygen atoms in total. The maximum atomic E-state index is 5.91. The highest BCUT2D eigenvalue weighted by Crippen LogP contribution is 2.24. The topological polar surface area (TPSA) is 56.7 Å². The normalized spacial score (nSPS) is 12.8. The fraction of sp³-hybridized carbons (Fsp3) is 0.200. The summed E-state index contributed by atoms with van der Waals surface area (Å²) in [6, 6.07) is 12.0. The first-order chi connectivity index (χ1) is 9.16. The summed E-state index contributed by atoms with van der Waals surface area (Å²) < 4.78 is 2.06. The van der Waals surface area contributed by atoms with Gasteiger partial charge >= 0.3 is 0 Å². The molecule has 0 saturated heterocycles. The van der Waals surface area contributed by atoms with Crippen molar-refractivity contribution < 1.29 is 0 Å². The van der Waals surface area contributed by atoms with Crippen LogP contribution >= 0.6 is 0 Å². The molecule has 0 aliphatic heterocycles. The second-order valence-corrected chi connectivity index (χ2v) is 4.75. The number of nitrogens with two attached hydrogens (primary N) is 1. The van der Waals surface area contributed by atoms with Crippen LogP contribution in [0.2, 0.25) is 0 Å². The van der Waals surface area contributed by atoms with Crippen LogP contribution in [0.25, 0.3) is 22.6 Å². The first-order valence-corrected chi connectivity index (χ1v) is 6.30. The maximum Gasteiger partial charge on any atom is 0.159 e. The van der Waals surface area contributed by atoms with Gasteiger partial charge in [-0.1, -0.05) is 12.1 Å². The van der Waals surface area contributed by atoms with E-state index in [1.807, 2.05) is 38.2 Å². The van der Waals surface area contributed by atoms with Crippen molar-refractivity contribution in [2.75, 3.05) is 0 Å². The zero-order chi connectivity index (χ0) is 13.4. The minimum absolute atomic E-state index is 0.0182. The molecule has 1 aromatic carbocycles. The fourth-order valence-electron chi connectivity index (χ4n) is 2.22. The summed E-state index contributed by atoms with van der Waals surface area (Å²) in [6.07, 6.45) is 1.78. The van der Waals surface area contributed by atoms with E-state index in [2.05, 4.69) is 26.7 Å². The van der Waals surface area contributed by atoms with Crippen molar-refractivity contribution in [3.8, 4) is 11.5 Å². The molecule has 0 aliphatic rings. The van der Waals surface area contributed by atoms with E-state index in [1.54, 1.807) is 6.20 Å². The second-order valence-electron chi connectivity index (χ2n) is 4.75. The van der Waals surface area contributed by atoms with Crippen LogP contribution < -0.4 is 5.73 Å². The number of rotatable bonds is 2. The van der Waals surface area contributed by atoms with Crippen LogP contribution in [0.4, 0.5) is 0 Å². The van der Waals surface area contributed by atoms with E-state index in [0.717, 1.165) is 28.1 Å². The van der Waals surface area contributed by atoms with E-state index in [1.165, 1.54) is 0 Å². The Bertz CT molecular complexity index is 714. The lowest BCUT2D eigenvalue weighted by Crippen LogP contribution is -2.04. The molecular weight excluding hydrogens is 236 g/mol. The number of fused-ring (bicyclic) bond motifs is 1. The van der Waals surface area contributed by atoms with E-state index >= 15 is 0 Å². The third-order valence-corrected chi connectivity index (χ3v) is 3.32. The van der Waals surface area contributed by atoms with Gasteiger partial charge in [0.1, 0.15) is 5.69 Å². The van der Waals surface area contributed by atoms with E-state index in [0.29, 0.717) is 0 Å². The van der Waals surface area contributed by atoms with Crippen LogP contribution in [-0.4, -0.2) is 14.5 Å². The standard InChI is InChI=1S/C15H16N4/c1-10(16)11-6-7-14-13(9-11)18-15(19(14)2)12-5-3-4-8-17-12/h3-10H,16H2,1-2H3. The van der Waals surface area contributed by atoms with Crippen LogP contribution in [0.5, 0.6) is 0 Å². The Balaban J connectivity index is 2.20. The molecule has 0 fully saturated rings. The second kappa shape index (κ2) is 4.48. The Morgan fingerprint density at radius 2 is 2.05 bits per heavy atom. The highest BCUT2D eigenvalue weighted by atomic mass is 15.1. The Morgan fingerprint density at radius 3 is 2.74 bits per heavy atom. The van der Waals surface area contributed by atoms with Crippen molar-refractivity contribution in [2.24, 2.45) is 12.8 Å². The lowest BCUT2D eigenvalue weighted by molar-refractivity contribution is 0.819. The molecule has 0 bridgehead atoms. The number of aryl methyl sites for hydroxylation is 1. The van der Waals surface area contributed by atoms with Gasteiger partial charge in [0, 0.05) is 19.3 Å². The highest BCUT2D eigenvalue weighted by molar-refractivity contribution is 5.80. The SMILES string of the molecule is CC(N)c1ccc2c(c1)nc(-c1ccccn1)n2C. The molecule has 2 aromatic heterocycles. The van der Waals surface area contributed by atoms with Crippen LogP contribution in [0.1, 0.15) is 18.5 Å². The molecule has 3 aromatic rings. The molecule has 3 rings (SSSR count). The minimum atomic E-state index is 0.0182. The predicted molar refractivity (Wildman–Crippen MR) is 76.5 cm³/mol. The summed E-state index contributed by atoms with van der Waals surface area (Å²) in [7, 11) is 2.00. The van der Waals surface area contributed by atoms with Crippen LogP contribution in [0, 0.1) is 0 Å². The van der Waals surface area contributed by atoms with Gasteiger partial charge in [0.15, 0.2) is 5.82 Å². The average Bonchev–Trinajstić information content (AvgIpc) is 2.76. The molecule has 0 aliphatic carbocycles. The largest absolute Gasteiger partial charge is 0.326 e. The van der Waals surface area contributed by atoms with Crippen molar-refractivity contribution in [1.29, 1.82) is 0 Å². The van der Waals surface area contributed by atoms with Crippen LogP contribution in [0.3, 0.4) is 0 Å². The Hall–Kier alpha value is -2.20. The van der Waals surface area contributed by atoms with Crippen molar-refractivity contribution >= 4 is 11.0 Å². The fourth-order valence-corrected chi connectivity index (χ4v) is 2.22. The first-order valence-electron chi connectivity index (χ1n) is 6.30. The quantitative estimate of drug-likeness (QED) is 0.762. The van der Waals surface area contributed by atoms with Crippen molar-refractivity contribution in [1.82, 2.24) is 14.5 Å². The molecule has 2 heterocycles. The van der Waals surface area contributed by atoms with Gasteiger partial charge in [-0.25, -0.2) is 4.98 Å². The summed E-state index contributed by atoms with van der Waals surface area (Å²) in [6.45, 7) is 1.98. The van der Waals surface area contributed by atoms with Crippen LogP contribution in [0.15, 0.2) is 42.6 Å². The number of hydrogen-bond donors (Lipinski definition) is 1. The van der Waals surface area contributed by atoms with Gasteiger partial charge in [-0.2, -0.15) is 0 Å². The summed E-state index contributed by atoms with van der Waals surface area (Å²) in [5.74, 6) is 0.873. The summed E-state index contributed by atoms with van der Waals surface area (Å²) in [4.78, 5) is 9.03. The molecule has 2 N–H and O–H groups in total. The maximum absolute atomic E-state index is 5.91. The zero-order valence-corrected chi connectivity index (χ0v) is 11.0. The zero-order valence-electron chi connectivity index (χ0n) is 11.0. The van der Waals surface area contributed by atoms with Gasteiger partial charge in [0.05, 0.1) is 11.0 Å². The Labute approximate surface area is 111 Å². The molecule has 1 unspecified atom stereocenters. The van der Waals surface area contributed by atoms with Crippen molar-refractivity contribution in [2.45, 2.75) is 13.0 Å². The Kier molecular flexibility index (Phi) is 2.80. The van der Waals surface area contributed by atoms with Gasteiger partial charge in [0.2, 0.25) is 0 Å². The van der Waals surface area contributed by atoms with Crippen molar-refractivity contribution in [3.63, 3.8) is 0 Å². The van der Waals surface area contributed by atoms with Gasteiger partial charge in [-0.15, -0.1) is 0 Å². The Morgan fingerprint density at radius 1 is 1.21 bits per heavy atom. The molecule has 4 heteroatoms. The molecule has 0 amide bonds. The van der Waals surface area contributed by atoms with Crippen LogP contribution in [-0.2, 0) is 7.05 Å². The third kappa shape index (κ3) is 2.00. The van der Waals surface area contributed by atoms with E-state index < -0.39 is 0 Å².